The number of nitrogens with zero attached hydrogens (tertiary/aromatic N) is 1. The van der Waals surface area contributed by atoms with Crippen LogP contribution in [0.2, 0.25) is 0 Å². The van der Waals surface area contributed by atoms with Crippen LogP contribution in [0.25, 0.3) is 0 Å². The molecule has 0 bridgehead atoms. The van der Waals surface area contributed by atoms with Crippen LogP contribution in [0.4, 0.5) is 0 Å². The van der Waals surface area contributed by atoms with E-state index in [1.807, 2.05) is 49.0 Å². The highest BCUT2D eigenvalue weighted by Gasteiger charge is 2.06. The van der Waals surface area contributed by atoms with Crippen molar-refractivity contribution in [2.75, 3.05) is 13.1 Å². The summed E-state index contributed by atoms with van der Waals surface area (Å²) in [5.41, 5.74) is 6.78. The molecule has 0 aromatic heterocycles. The van der Waals surface area contributed by atoms with Crippen molar-refractivity contribution in [2.45, 2.75) is 30.5 Å². The largest absolute Gasteiger partial charge is 0.366 e. The molecule has 5 nitrogen and oxygen atoms in total. The number of carbonyl (C=O) groups is 1. The molecule has 0 heterocycles. The van der Waals surface area contributed by atoms with Crippen LogP contribution in [0.15, 0.2) is 64.5 Å². The number of thioether (sulfide) groups is 1. The van der Waals surface area contributed by atoms with E-state index in [9.17, 15) is 4.79 Å². The van der Waals surface area contributed by atoms with Crippen molar-refractivity contribution in [3.05, 3.63) is 65.7 Å². The Bertz CT molecular complexity index is 740. The van der Waals surface area contributed by atoms with Crippen molar-refractivity contribution in [3.63, 3.8) is 0 Å². The number of nitrogens with one attached hydrogen (secondary N) is 2. The molecule has 2 aromatic carbocycles. The van der Waals surface area contributed by atoms with Gasteiger partial charge in [-0.15, -0.1) is 35.7 Å². The first-order chi connectivity index (χ1) is 12.6. The summed E-state index contributed by atoms with van der Waals surface area (Å²) in [6, 6.07) is 17.6. The molecule has 0 fully saturated rings. The fourth-order valence-electron chi connectivity index (χ4n) is 2.35. The zero-order valence-electron chi connectivity index (χ0n) is 15.6. The fourth-order valence-corrected chi connectivity index (χ4v) is 3.29. The van der Waals surface area contributed by atoms with Crippen LogP contribution in [0.3, 0.4) is 0 Å². The van der Waals surface area contributed by atoms with E-state index in [0.29, 0.717) is 17.4 Å². The molecule has 0 spiro atoms. The molecule has 27 heavy (non-hydrogen) atoms. The molecule has 1 amide bonds. The highest BCUT2D eigenvalue weighted by Crippen LogP contribution is 2.21. The number of benzene rings is 2. The van der Waals surface area contributed by atoms with Gasteiger partial charge in [-0.2, -0.15) is 0 Å². The highest BCUT2D eigenvalue weighted by molar-refractivity contribution is 14.0. The second kappa shape index (κ2) is 12.6. The molecule has 2 aromatic rings. The molecule has 7 heteroatoms. The first-order valence-corrected chi connectivity index (χ1v) is 9.59. The Hall–Kier alpha value is -1.74. The summed E-state index contributed by atoms with van der Waals surface area (Å²) in [5.74, 6) is 0.338. The van der Waals surface area contributed by atoms with E-state index in [4.69, 9.17) is 5.73 Å². The smallest absolute Gasteiger partial charge is 0.248 e. The van der Waals surface area contributed by atoms with Crippen LogP contribution in [0, 0.1) is 0 Å². The number of amides is 1. The molecule has 146 valence electrons. The molecule has 4 N–H and O–H groups in total. The van der Waals surface area contributed by atoms with Crippen molar-refractivity contribution in [2.24, 2.45) is 10.7 Å². The van der Waals surface area contributed by atoms with Crippen molar-refractivity contribution in [1.82, 2.24) is 10.6 Å². The SMILES string of the molecule is CCNC(=NCc1cccc(C(N)=O)c1)NCC(C)Sc1ccccc1.I. The van der Waals surface area contributed by atoms with Crippen molar-refractivity contribution < 1.29 is 4.79 Å². The molecular formula is C20H27IN4OS. The fraction of sp³-hybridized carbons (Fsp3) is 0.300. The minimum Gasteiger partial charge on any atom is -0.366 e. The summed E-state index contributed by atoms with van der Waals surface area (Å²) in [5, 5.41) is 7.02. The Kier molecular flexibility index (Phi) is 10.9. The number of halogens is 1. The number of carbonyl (C=O) groups excluding carboxylic acids is 1. The van der Waals surface area contributed by atoms with Gasteiger partial charge in [0.15, 0.2) is 5.96 Å². The highest BCUT2D eigenvalue weighted by atomic mass is 127. The second-order valence-corrected chi connectivity index (χ2v) is 7.39. The maximum absolute atomic E-state index is 11.3. The van der Waals surface area contributed by atoms with Crippen molar-refractivity contribution in [1.29, 1.82) is 0 Å². The van der Waals surface area contributed by atoms with Crippen LogP contribution in [-0.2, 0) is 6.54 Å². The number of nitrogens with two attached hydrogens (primary N) is 1. The normalized spacial score (nSPS) is 12.0. The van der Waals surface area contributed by atoms with E-state index in [0.717, 1.165) is 24.6 Å². The predicted octanol–water partition coefficient (Wildman–Crippen LogP) is 3.64. The van der Waals surface area contributed by atoms with Crippen LogP contribution in [-0.4, -0.2) is 30.2 Å². The summed E-state index contributed by atoms with van der Waals surface area (Å²) in [4.78, 5) is 17.1. The lowest BCUT2D eigenvalue weighted by atomic mass is 10.1. The first kappa shape index (κ1) is 23.3. The molecule has 2 rings (SSSR count). The third-order valence-electron chi connectivity index (χ3n) is 3.61. The summed E-state index contributed by atoms with van der Waals surface area (Å²) in [7, 11) is 0. The maximum Gasteiger partial charge on any atom is 0.248 e. The van der Waals surface area contributed by atoms with E-state index in [1.54, 1.807) is 12.1 Å². The monoisotopic (exact) mass is 498 g/mol. The molecule has 1 unspecified atom stereocenters. The van der Waals surface area contributed by atoms with Gasteiger partial charge in [0.2, 0.25) is 5.91 Å². The standard InChI is InChI=1S/C20H26N4OS.HI/c1-3-22-20(23-13-15(2)26-18-10-5-4-6-11-18)24-14-16-8-7-9-17(12-16)19(21)25;/h4-12,15H,3,13-14H2,1-2H3,(H2,21,25)(H2,22,23,24);1H. The van der Waals surface area contributed by atoms with E-state index in [2.05, 4.69) is 34.7 Å². The second-order valence-electron chi connectivity index (χ2n) is 5.88. The Labute approximate surface area is 182 Å². The van der Waals surface area contributed by atoms with Crippen LogP contribution in [0.5, 0.6) is 0 Å². The van der Waals surface area contributed by atoms with Gasteiger partial charge in [-0.05, 0) is 36.8 Å². The zero-order chi connectivity index (χ0) is 18.8. The Balaban J connectivity index is 0.00000364. The summed E-state index contributed by atoms with van der Waals surface area (Å²) < 4.78 is 0. The van der Waals surface area contributed by atoms with E-state index in [1.165, 1.54) is 4.90 Å². The van der Waals surface area contributed by atoms with E-state index in [-0.39, 0.29) is 24.0 Å². The maximum atomic E-state index is 11.3. The molecule has 0 radical (unpaired) electrons. The topological polar surface area (TPSA) is 79.5 Å². The number of rotatable bonds is 8. The van der Waals surface area contributed by atoms with Crippen molar-refractivity contribution in [3.8, 4) is 0 Å². The van der Waals surface area contributed by atoms with Gasteiger partial charge < -0.3 is 16.4 Å². The molecule has 0 saturated heterocycles. The Morgan fingerprint density at radius 1 is 1.15 bits per heavy atom. The van der Waals surface area contributed by atoms with E-state index < -0.39 is 5.91 Å². The van der Waals surface area contributed by atoms with Crippen LogP contribution in [0.1, 0.15) is 29.8 Å². The minimum atomic E-state index is -0.423. The van der Waals surface area contributed by atoms with Crippen LogP contribution >= 0.6 is 35.7 Å². The van der Waals surface area contributed by atoms with Gasteiger partial charge >= 0.3 is 0 Å². The molecule has 0 saturated carbocycles. The van der Waals surface area contributed by atoms with Crippen molar-refractivity contribution >= 4 is 47.6 Å². The average Bonchev–Trinajstić information content (AvgIpc) is 2.65. The van der Waals surface area contributed by atoms with Gasteiger partial charge in [-0.3, -0.25) is 4.79 Å². The summed E-state index contributed by atoms with van der Waals surface area (Å²) in [6.45, 7) is 6.29. The molecule has 0 aliphatic heterocycles. The molecule has 1 atom stereocenters. The van der Waals surface area contributed by atoms with Crippen LogP contribution < -0.4 is 16.4 Å². The molecule has 0 aliphatic rings. The summed E-state index contributed by atoms with van der Waals surface area (Å²) >= 11 is 1.83. The number of hydrogen-bond donors (Lipinski definition) is 3. The predicted molar refractivity (Wildman–Crippen MR) is 125 cm³/mol. The van der Waals surface area contributed by atoms with Gasteiger partial charge in [0.05, 0.1) is 6.54 Å². The van der Waals surface area contributed by atoms with Gasteiger partial charge in [0.25, 0.3) is 0 Å². The number of guanidine groups is 1. The van der Waals surface area contributed by atoms with Gasteiger partial charge in [-0.25, -0.2) is 4.99 Å². The third-order valence-corrected chi connectivity index (χ3v) is 4.73. The van der Waals surface area contributed by atoms with Gasteiger partial charge in [0, 0.05) is 28.8 Å². The Morgan fingerprint density at radius 2 is 1.89 bits per heavy atom. The zero-order valence-corrected chi connectivity index (χ0v) is 18.8. The number of hydrogen-bond acceptors (Lipinski definition) is 3. The van der Waals surface area contributed by atoms with E-state index >= 15 is 0 Å². The van der Waals surface area contributed by atoms with Gasteiger partial charge in [-0.1, -0.05) is 37.3 Å². The van der Waals surface area contributed by atoms with Gasteiger partial charge in [0.1, 0.15) is 0 Å². The minimum absolute atomic E-state index is 0. The third kappa shape index (κ3) is 8.66. The Morgan fingerprint density at radius 3 is 2.56 bits per heavy atom. The lowest BCUT2D eigenvalue weighted by Gasteiger charge is -2.15. The lowest BCUT2D eigenvalue weighted by Crippen LogP contribution is -2.40. The number of primary amides is 1. The lowest BCUT2D eigenvalue weighted by molar-refractivity contribution is 0.1000. The number of aliphatic imine (C=N–C) groups is 1. The quantitative estimate of drug-likeness (QED) is 0.225. The average molecular weight is 498 g/mol. The molecular weight excluding hydrogens is 471 g/mol. The first-order valence-electron chi connectivity index (χ1n) is 8.71. The molecule has 0 aliphatic carbocycles. The summed E-state index contributed by atoms with van der Waals surface area (Å²) in [6.07, 6.45) is 0.